The fraction of sp³-hybridized carbons (Fsp3) is 0.941. The monoisotopic (exact) mass is 329 g/mol. The molecule has 5 heteroatoms. The van der Waals surface area contributed by atoms with Crippen molar-refractivity contribution in [1.82, 2.24) is 10.2 Å². The Morgan fingerprint density at radius 3 is 2.45 bits per heavy atom. The maximum Gasteiger partial charge on any atom is 0.240 e. The molecule has 0 aromatic rings. The van der Waals surface area contributed by atoms with E-state index in [1.165, 1.54) is 0 Å². The van der Waals surface area contributed by atoms with Crippen molar-refractivity contribution in [3.05, 3.63) is 0 Å². The van der Waals surface area contributed by atoms with E-state index in [-0.39, 0.29) is 17.9 Å². The van der Waals surface area contributed by atoms with Gasteiger partial charge in [0.05, 0.1) is 6.04 Å². The Balaban J connectivity index is 2.78. The van der Waals surface area contributed by atoms with Crippen molar-refractivity contribution < 1.29 is 4.79 Å². The van der Waals surface area contributed by atoms with E-state index >= 15 is 0 Å². The number of rotatable bonds is 8. The molecule has 1 aliphatic heterocycles. The Hall–Kier alpha value is -0.260. The molecule has 0 saturated carbocycles. The molecule has 3 N–H and O–H groups in total. The first-order chi connectivity index (χ1) is 10.3. The predicted octanol–water partition coefficient (Wildman–Crippen LogP) is 2.28. The summed E-state index contributed by atoms with van der Waals surface area (Å²) in [6.07, 6.45) is 2.95. The van der Waals surface area contributed by atoms with E-state index in [9.17, 15) is 4.79 Å². The number of hydrogen-bond acceptors (Lipinski definition) is 4. The van der Waals surface area contributed by atoms with Crippen molar-refractivity contribution in [2.75, 3.05) is 13.1 Å². The second-order valence-electron chi connectivity index (χ2n) is 7.38. The van der Waals surface area contributed by atoms with Gasteiger partial charge in [-0.3, -0.25) is 4.79 Å². The van der Waals surface area contributed by atoms with E-state index in [0.29, 0.717) is 17.2 Å². The molecule has 4 nitrogen and oxygen atoms in total. The van der Waals surface area contributed by atoms with Crippen LogP contribution in [0.4, 0.5) is 0 Å². The normalized spacial score (nSPS) is 26.0. The summed E-state index contributed by atoms with van der Waals surface area (Å²) in [5.74, 6) is 0.890. The van der Waals surface area contributed by atoms with Gasteiger partial charge in [-0.2, -0.15) is 12.6 Å². The van der Waals surface area contributed by atoms with E-state index in [0.717, 1.165) is 32.4 Å². The van der Waals surface area contributed by atoms with Crippen molar-refractivity contribution in [1.29, 1.82) is 0 Å². The highest BCUT2D eigenvalue weighted by molar-refractivity contribution is 7.81. The fourth-order valence-corrected chi connectivity index (χ4v) is 3.52. The molecule has 1 amide bonds. The molecule has 0 bridgehead atoms. The average Bonchev–Trinajstić information content (AvgIpc) is 2.86. The predicted molar refractivity (Wildman–Crippen MR) is 97.2 cm³/mol. The zero-order valence-electron chi connectivity index (χ0n) is 14.9. The molecule has 0 aromatic heterocycles. The van der Waals surface area contributed by atoms with E-state index in [1.54, 1.807) is 0 Å². The minimum Gasteiger partial charge on any atom is -0.337 e. The van der Waals surface area contributed by atoms with Crippen LogP contribution in [0, 0.1) is 11.8 Å². The molecular formula is C17H35N3OS. The smallest absolute Gasteiger partial charge is 0.240 e. The van der Waals surface area contributed by atoms with Crippen LogP contribution in [0.15, 0.2) is 0 Å². The quantitative estimate of drug-likeness (QED) is 0.599. The average molecular weight is 330 g/mol. The summed E-state index contributed by atoms with van der Waals surface area (Å²) in [6, 6.07) is 0.168. The maximum absolute atomic E-state index is 12.9. The molecule has 0 aliphatic carbocycles. The summed E-state index contributed by atoms with van der Waals surface area (Å²) >= 11 is 4.53. The highest BCUT2D eigenvalue weighted by Crippen LogP contribution is 2.19. The highest BCUT2D eigenvalue weighted by Gasteiger charge is 2.32. The number of nitrogens with one attached hydrogen (secondary N) is 1. The molecule has 130 valence electrons. The first-order valence-electron chi connectivity index (χ1n) is 8.73. The van der Waals surface area contributed by atoms with Crippen LogP contribution in [0.5, 0.6) is 0 Å². The van der Waals surface area contributed by atoms with Crippen LogP contribution < -0.4 is 11.1 Å². The molecule has 5 atom stereocenters. The lowest BCUT2D eigenvalue weighted by Crippen LogP contribution is -2.53. The van der Waals surface area contributed by atoms with Gasteiger partial charge in [-0.15, -0.1) is 0 Å². The SMILES string of the molecule is CCC(C)[C@H](N)C(=O)N(CC1CC(S)CN1)C(C)CC(C)C. The van der Waals surface area contributed by atoms with E-state index in [4.69, 9.17) is 5.73 Å². The largest absolute Gasteiger partial charge is 0.337 e. The van der Waals surface area contributed by atoms with Crippen molar-refractivity contribution in [2.24, 2.45) is 17.6 Å². The lowest BCUT2D eigenvalue weighted by molar-refractivity contribution is -0.136. The third kappa shape index (κ3) is 5.74. The summed E-state index contributed by atoms with van der Waals surface area (Å²) in [7, 11) is 0. The topological polar surface area (TPSA) is 58.4 Å². The van der Waals surface area contributed by atoms with Gasteiger partial charge in [0, 0.05) is 30.4 Å². The number of carbonyl (C=O) groups is 1. The molecule has 1 heterocycles. The summed E-state index contributed by atoms with van der Waals surface area (Å²) < 4.78 is 0. The summed E-state index contributed by atoms with van der Waals surface area (Å²) in [4.78, 5) is 14.9. The zero-order valence-corrected chi connectivity index (χ0v) is 15.8. The van der Waals surface area contributed by atoms with Crippen LogP contribution in [0.1, 0.15) is 53.9 Å². The van der Waals surface area contributed by atoms with Crippen LogP contribution in [0.2, 0.25) is 0 Å². The molecule has 1 fully saturated rings. The number of amides is 1. The maximum atomic E-state index is 12.9. The van der Waals surface area contributed by atoms with Crippen LogP contribution in [0.3, 0.4) is 0 Å². The number of carbonyl (C=O) groups excluding carboxylic acids is 1. The van der Waals surface area contributed by atoms with Crippen LogP contribution in [0.25, 0.3) is 0 Å². The minimum absolute atomic E-state index is 0.104. The summed E-state index contributed by atoms with van der Waals surface area (Å²) in [5.41, 5.74) is 6.22. The molecule has 0 spiro atoms. The van der Waals surface area contributed by atoms with Crippen molar-refractivity contribution >= 4 is 18.5 Å². The van der Waals surface area contributed by atoms with Crippen molar-refractivity contribution in [3.8, 4) is 0 Å². The van der Waals surface area contributed by atoms with Gasteiger partial charge < -0.3 is 16.0 Å². The number of nitrogens with zero attached hydrogens (tertiary/aromatic N) is 1. The van der Waals surface area contributed by atoms with Gasteiger partial charge in [0.2, 0.25) is 5.91 Å². The molecule has 1 saturated heterocycles. The Morgan fingerprint density at radius 2 is 2.00 bits per heavy atom. The van der Waals surface area contributed by atoms with Gasteiger partial charge in [-0.25, -0.2) is 0 Å². The fourth-order valence-electron chi connectivity index (χ4n) is 3.16. The second-order valence-corrected chi connectivity index (χ2v) is 8.11. The molecule has 4 unspecified atom stereocenters. The second kappa shape index (κ2) is 9.14. The molecule has 22 heavy (non-hydrogen) atoms. The first-order valence-corrected chi connectivity index (χ1v) is 9.25. The Bertz CT molecular complexity index is 351. The molecular weight excluding hydrogens is 294 g/mol. The number of hydrogen-bond donors (Lipinski definition) is 3. The lowest BCUT2D eigenvalue weighted by Gasteiger charge is -2.35. The Kier molecular flexibility index (Phi) is 8.22. The van der Waals surface area contributed by atoms with E-state index < -0.39 is 6.04 Å². The number of thiol groups is 1. The first kappa shape index (κ1) is 19.8. The summed E-state index contributed by atoms with van der Waals surface area (Å²) in [5, 5.41) is 3.87. The van der Waals surface area contributed by atoms with E-state index in [1.807, 2.05) is 4.90 Å². The summed E-state index contributed by atoms with van der Waals surface area (Å²) in [6.45, 7) is 12.4. The minimum atomic E-state index is -0.396. The van der Waals surface area contributed by atoms with Gasteiger partial charge >= 0.3 is 0 Å². The van der Waals surface area contributed by atoms with Crippen LogP contribution in [-0.2, 0) is 4.79 Å². The third-order valence-corrected chi connectivity index (χ3v) is 5.18. The molecule has 0 aromatic carbocycles. The van der Waals surface area contributed by atoms with Gasteiger partial charge in [-0.1, -0.05) is 34.1 Å². The third-order valence-electron chi connectivity index (χ3n) is 4.79. The van der Waals surface area contributed by atoms with Gasteiger partial charge in [-0.05, 0) is 31.6 Å². The van der Waals surface area contributed by atoms with Crippen LogP contribution in [-0.4, -0.2) is 47.3 Å². The Morgan fingerprint density at radius 1 is 1.36 bits per heavy atom. The lowest BCUT2D eigenvalue weighted by atomic mass is 9.96. The van der Waals surface area contributed by atoms with E-state index in [2.05, 4.69) is 52.6 Å². The molecule has 0 radical (unpaired) electrons. The van der Waals surface area contributed by atoms with Crippen LogP contribution >= 0.6 is 12.6 Å². The Labute approximate surface area is 142 Å². The van der Waals surface area contributed by atoms with Crippen molar-refractivity contribution in [2.45, 2.75) is 77.3 Å². The molecule has 1 rings (SSSR count). The highest BCUT2D eigenvalue weighted by atomic mass is 32.1. The standard InChI is InChI=1S/C17H35N3OS/c1-6-12(4)16(18)17(21)20(13(5)7-11(2)3)10-14-8-15(22)9-19-14/h11-16,19,22H,6-10,18H2,1-5H3/t12?,13?,14?,15?,16-/m0/s1. The van der Waals surface area contributed by atoms with Gasteiger partial charge in [0.1, 0.15) is 0 Å². The number of nitrogens with two attached hydrogens (primary N) is 1. The van der Waals surface area contributed by atoms with Gasteiger partial charge in [0.25, 0.3) is 0 Å². The zero-order chi connectivity index (χ0) is 16.9. The van der Waals surface area contributed by atoms with Gasteiger partial charge in [0.15, 0.2) is 0 Å². The van der Waals surface area contributed by atoms with Crippen molar-refractivity contribution in [3.63, 3.8) is 0 Å². The molecule has 1 aliphatic rings.